The van der Waals surface area contributed by atoms with Crippen LogP contribution in [0.3, 0.4) is 0 Å². The van der Waals surface area contributed by atoms with Gasteiger partial charge in [-0.05, 0) is 59.9 Å². The largest absolute Gasteiger partial charge is 0.350 e. The average molecular weight is 338 g/mol. The fourth-order valence-electron chi connectivity index (χ4n) is 3.75. The number of amides is 2. The summed E-state index contributed by atoms with van der Waals surface area (Å²) in [7, 11) is 0. The third-order valence-electron chi connectivity index (χ3n) is 5.15. The van der Waals surface area contributed by atoms with E-state index in [1.54, 1.807) is 0 Å². The van der Waals surface area contributed by atoms with Crippen LogP contribution in [0.1, 0.15) is 66.2 Å². The van der Waals surface area contributed by atoms with E-state index >= 15 is 0 Å². The first-order valence-corrected chi connectivity index (χ1v) is 9.63. The molecule has 2 aliphatic rings. The van der Waals surface area contributed by atoms with Crippen LogP contribution in [0.25, 0.3) is 0 Å². The Kier molecular flexibility index (Phi) is 6.67. The van der Waals surface area contributed by atoms with Gasteiger partial charge in [-0.25, -0.2) is 0 Å². The first-order valence-electron chi connectivity index (χ1n) is 9.63. The minimum Gasteiger partial charge on any atom is -0.350 e. The van der Waals surface area contributed by atoms with Crippen molar-refractivity contribution in [3.63, 3.8) is 0 Å². The van der Waals surface area contributed by atoms with Crippen molar-refractivity contribution in [1.29, 1.82) is 0 Å². The van der Waals surface area contributed by atoms with Gasteiger partial charge in [0.05, 0.1) is 12.0 Å². The lowest BCUT2D eigenvalue weighted by Crippen LogP contribution is -2.54. The van der Waals surface area contributed by atoms with Gasteiger partial charge >= 0.3 is 0 Å². The maximum Gasteiger partial charge on any atom is 0.237 e. The van der Waals surface area contributed by atoms with E-state index in [2.05, 4.69) is 15.1 Å². The normalized spacial score (nSPS) is 25.0. The highest BCUT2D eigenvalue weighted by atomic mass is 16.2. The van der Waals surface area contributed by atoms with Crippen LogP contribution in [0.5, 0.6) is 0 Å². The van der Waals surface area contributed by atoms with Crippen molar-refractivity contribution in [2.45, 2.75) is 77.8 Å². The number of piperidine rings is 1. The van der Waals surface area contributed by atoms with Gasteiger partial charge in [-0.3, -0.25) is 14.5 Å². The third-order valence-corrected chi connectivity index (χ3v) is 5.15. The standard InChI is InChI=1S/C19H35N3O2/c1-15(17(23)20-19(2,3)4)22-13-9-10-16(14-22)18(24)21-11-7-5-6-8-12-21/h15-16H,5-14H2,1-4H3,(H,20,23). The van der Waals surface area contributed by atoms with E-state index in [9.17, 15) is 9.59 Å². The van der Waals surface area contributed by atoms with Crippen LogP contribution in [-0.4, -0.2) is 59.4 Å². The molecular formula is C19H35N3O2. The number of likely N-dealkylation sites (tertiary alicyclic amines) is 2. The van der Waals surface area contributed by atoms with Gasteiger partial charge in [0, 0.05) is 25.2 Å². The number of nitrogens with zero attached hydrogens (tertiary/aromatic N) is 2. The van der Waals surface area contributed by atoms with Crippen LogP contribution < -0.4 is 5.32 Å². The molecule has 0 bridgehead atoms. The Morgan fingerprint density at radius 1 is 1.00 bits per heavy atom. The van der Waals surface area contributed by atoms with E-state index in [4.69, 9.17) is 0 Å². The predicted octanol–water partition coefficient (Wildman–Crippen LogP) is 2.40. The molecule has 5 heteroatoms. The number of carbonyl (C=O) groups excluding carboxylic acids is 2. The smallest absolute Gasteiger partial charge is 0.237 e. The molecule has 2 saturated heterocycles. The molecule has 2 heterocycles. The molecule has 2 aliphatic heterocycles. The summed E-state index contributed by atoms with van der Waals surface area (Å²) in [6, 6.07) is -0.177. The highest BCUT2D eigenvalue weighted by Crippen LogP contribution is 2.22. The second-order valence-electron chi connectivity index (χ2n) is 8.49. The molecule has 0 spiro atoms. The fourth-order valence-corrected chi connectivity index (χ4v) is 3.75. The highest BCUT2D eigenvalue weighted by Gasteiger charge is 2.33. The molecule has 0 aliphatic carbocycles. The lowest BCUT2D eigenvalue weighted by Gasteiger charge is -2.38. The number of nitrogens with one attached hydrogen (secondary N) is 1. The lowest BCUT2D eigenvalue weighted by atomic mass is 9.95. The SMILES string of the molecule is CC(C(=O)NC(C)(C)C)N1CCCC(C(=O)N2CCCCCC2)C1. The van der Waals surface area contributed by atoms with Crippen LogP contribution in [0, 0.1) is 5.92 Å². The molecule has 1 N–H and O–H groups in total. The summed E-state index contributed by atoms with van der Waals surface area (Å²) in [4.78, 5) is 29.6. The molecule has 0 radical (unpaired) electrons. The van der Waals surface area contributed by atoms with E-state index in [0.29, 0.717) is 12.5 Å². The molecule has 2 unspecified atom stereocenters. The molecule has 2 amide bonds. The Labute approximate surface area is 147 Å². The number of rotatable bonds is 3. The first-order chi connectivity index (χ1) is 11.3. The van der Waals surface area contributed by atoms with Crippen molar-refractivity contribution in [3.05, 3.63) is 0 Å². The van der Waals surface area contributed by atoms with Gasteiger partial charge in [0.15, 0.2) is 0 Å². The van der Waals surface area contributed by atoms with E-state index in [-0.39, 0.29) is 23.4 Å². The third kappa shape index (κ3) is 5.47. The topological polar surface area (TPSA) is 52.7 Å². The Hall–Kier alpha value is -1.10. The first kappa shape index (κ1) is 19.2. The van der Waals surface area contributed by atoms with Crippen LogP contribution in [-0.2, 0) is 9.59 Å². The summed E-state index contributed by atoms with van der Waals surface area (Å²) in [6.07, 6.45) is 6.70. The van der Waals surface area contributed by atoms with E-state index in [1.165, 1.54) is 12.8 Å². The van der Waals surface area contributed by atoms with Crippen molar-refractivity contribution >= 4 is 11.8 Å². The summed E-state index contributed by atoms with van der Waals surface area (Å²) in [5.41, 5.74) is -0.220. The molecule has 138 valence electrons. The molecule has 2 fully saturated rings. The molecule has 0 aromatic rings. The zero-order valence-electron chi connectivity index (χ0n) is 15.9. The molecule has 0 saturated carbocycles. The van der Waals surface area contributed by atoms with Crippen molar-refractivity contribution in [2.75, 3.05) is 26.2 Å². The van der Waals surface area contributed by atoms with Crippen LogP contribution in [0.2, 0.25) is 0 Å². The molecule has 2 rings (SSSR count). The summed E-state index contributed by atoms with van der Waals surface area (Å²) >= 11 is 0. The van der Waals surface area contributed by atoms with E-state index in [1.807, 2.05) is 27.7 Å². The Morgan fingerprint density at radius 2 is 1.62 bits per heavy atom. The van der Waals surface area contributed by atoms with Gasteiger partial charge in [0.2, 0.25) is 11.8 Å². The van der Waals surface area contributed by atoms with Gasteiger partial charge < -0.3 is 10.2 Å². The monoisotopic (exact) mass is 337 g/mol. The molecular weight excluding hydrogens is 302 g/mol. The molecule has 5 nitrogen and oxygen atoms in total. The molecule has 24 heavy (non-hydrogen) atoms. The Morgan fingerprint density at radius 3 is 2.21 bits per heavy atom. The van der Waals surface area contributed by atoms with Crippen LogP contribution in [0.4, 0.5) is 0 Å². The van der Waals surface area contributed by atoms with Crippen molar-refractivity contribution in [3.8, 4) is 0 Å². The fraction of sp³-hybridized carbons (Fsp3) is 0.895. The van der Waals surface area contributed by atoms with Crippen LogP contribution in [0.15, 0.2) is 0 Å². The number of hydrogen-bond donors (Lipinski definition) is 1. The second-order valence-corrected chi connectivity index (χ2v) is 8.49. The Bertz CT molecular complexity index is 436. The number of hydrogen-bond acceptors (Lipinski definition) is 3. The zero-order chi connectivity index (χ0) is 17.7. The van der Waals surface area contributed by atoms with E-state index < -0.39 is 0 Å². The maximum atomic E-state index is 12.9. The van der Waals surface area contributed by atoms with Gasteiger partial charge in [-0.15, -0.1) is 0 Å². The van der Waals surface area contributed by atoms with Crippen molar-refractivity contribution in [2.24, 2.45) is 5.92 Å². The minimum atomic E-state index is -0.220. The van der Waals surface area contributed by atoms with Gasteiger partial charge in [0.25, 0.3) is 0 Å². The zero-order valence-corrected chi connectivity index (χ0v) is 15.9. The minimum absolute atomic E-state index is 0.0572. The van der Waals surface area contributed by atoms with E-state index in [0.717, 1.165) is 45.3 Å². The average Bonchev–Trinajstić information content (AvgIpc) is 2.81. The summed E-state index contributed by atoms with van der Waals surface area (Å²) in [5, 5.41) is 3.06. The predicted molar refractivity (Wildman–Crippen MR) is 96.7 cm³/mol. The highest BCUT2D eigenvalue weighted by molar-refractivity contribution is 5.82. The lowest BCUT2D eigenvalue weighted by molar-refractivity contribution is -0.139. The summed E-state index contributed by atoms with van der Waals surface area (Å²) in [6.45, 7) is 11.4. The van der Waals surface area contributed by atoms with Gasteiger partial charge in [0.1, 0.15) is 0 Å². The van der Waals surface area contributed by atoms with Crippen molar-refractivity contribution in [1.82, 2.24) is 15.1 Å². The summed E-state index contributed by atoms with van der Waals surface area (Å²) in [5.74, 6) is 0.428. The molecule has 0 aromatic heterocycles. The quantitative estimate of drug-likeness (QED) is 0.860. The molecule has 2 atom stereocenters. The van der Waals surface area contributed by atoms with Gasteiger partial charge in [-0.2, -0.15) is 0 Å². The summed E-state index contributed by atoms with van der Waals surface area (Å²) < 4.78 is 0. The maximum absolute atomic E-state index is 12.9. The van der Waals surface area contributed by atoms with Crippen molar-refractivity contribution < 1.29 is 9.59 Å². The second kappa shape index (κ2) is 8.32. The number of carbonyl (C=O) groups is 2. The van der Waals surface area contributed by atoms with Crippen LogP contribution >= 0.6 is 0 Å². The van der Waals surface area contributed by atoms with Gasteiger partial charge in [-0.1, -0.05) is 12.8 Å². The Balaban J connectivity index is 1.92. The molecule has 0 aromatic carbocycles.